The summed E-state index contributed by atoms with van der Waals surface area (Å²) in [6.45, 7) is 5.98. The SMILES string of the molecule is CC.COc1ccc(COc2cc3n(n2)CCN(C(=O)c2ccc(F)cc2)C3)cc1. The van der Waals surface area contributed by atoms with Crippen molar-refractivity contribution in [1.29, 1.82) is 0 Å². The van der Waals surface area contributed by atoms with Crippen molar-refractivity contribution in [2.24, 2.45) is 0 Å². The van der Waals surface area contributed by atoms with Gasteiger partial charge in [-0.15, -0.1) is 5.10 Å². The molecule has 1 aliphatic heterocycles. The minimum atomic E-state index is -0.355. The Kier molecular flexibility index (Phi) is 7.06. The fourth-order valence-electron chi connectivity index (χ4n) is 3.14. The summed E-state index contributed by atoms with van der Waals surface area (Å²) in [5.74, 6) is 0.856. The van der Waals surface area contributed by atoms with E-state index in [2.05, 4.69) is 5.10 Å². The third-order valence-electron chi connectivity index (χ3n) is 4.70. The van der Waals surface area contributed by atoms with Gasteiger partial charge >= 0.3 is 0 Å². The van der Waals surface area contributed by atoms with E-state index < -0.39 is 0 Å². The second-order valence-electron chi connectivity index (χ2n) is 6.57. The van der Waals surface area contributed by atoms with Crippen molar-refractivity contribution >= 4 is 5.91 Å². The van der Waals surface area contributed by atoms with Crippen LogP contribution >= 0.6 is 0 Å². The molecule has 2 heterocycles. The van der Waals surface area contributed by atoms with Gasteiger partial charge in [-0.3, -0.25) is 9.48 Å². The summed E-state index contributed by atoms with van der Waals surface area (Å²) < 4.78 is 25.9. The van der Waals surface area contributed by atoms with Gasteiger partial charge in [0, 0.05) is 18.2 Å². The minimum Gasteiger partial charge on any atom is -0.497 e. The van der Waals surface area contributed by atoms with Gasteiger partial charge in [-0.05, 0) is 42.0 Å². The van der Waals surface area contributed by atoms with Crippen LogP contribution in [0.1, 0.15) is 35.5 Å². The van der Waals surface area contributed by atoms with E-state index in [1.165, 1.54) is 24.3 Å². The third-order valence-corrected chi connectivity index (χ3v) is 4.70. The van der Waals surface area contributed by atoms with Crippen LogP contribution in [0.3, 0.4) is 0 Å². The van der Waals surface area contributed by atoms with E-state index in [-0.39, 0.29) is 11.7 Å². The van der Waals surface area contributed by atoms with Crippen molar-refractivity contribution in [3.05, 3.63) is 77.2 Å². The highest BCUT2D eigenvalue weighted by Crippen LogP contribution is 2.21. The molecule has 4 rings (SSSR count). The Bertz CT molecular complexity index is 968. The summed E-state index contributed by atoms with van der Waals surface area (Å²) >= 11 is 0. The van der Waals surface area contributed by atoms with Crippen molar-refractivity contribution in [2.75, 3.05) is 13.7 Å². The number of hydrogen-bond donors (Lipinski definition) is 0. The average molecular weight is 411 g/mol. The maximum Gasteiger partial charge on any atom is 0.254 e. The molecule has 7 heteroatoms. The number of rotatable bonds is 5. The van der Waals surface area contributed by atoms with Crippen molar-refractivity contribution in [1.82, 2.24) is 14.7 Å². The first-order chi connectivity index (χ1) is 14.6. The van der Waals surface area contributed by atoms with E-state index in [0.717, 1.165) is 17.0 Å². The second-order valence-corrected chi connectivity index (χ2v) is 6.57. The van der Waals surface area contributed by atoms with E-state index >= 15 is 0 Å². The number of halogens is 1. The van der Waals surface area contributed by atoms with Crippen molar-refractivity contribution in [2.45, 2.75) is 33.5 Å². The Morgan fingerprint density at radius 3 is 2.43 bits per heavy atom. The molecule has 30 heavy (non-hydrogen) atoms. The average Bonchev–Trinajstić information content (AvgIpc) is 3.21. The molecule has 0 atom stereocenters. The molecule has 0 fully saturated rings. The predicted octanol–water partition coefficient (Wildman–Crippen LogP) is 4.29. The van der Waals surface area contributed by atoms with Gasteiger partial charge in [0.2, 0.25) is 5.88 Å². The molecule has 0 saturated heterocycles. The van der Waals surface area contributed by atoms with Crippen molar-refractivity contribution in [3.63, 3.8) is 0 Å². The summed E-state index contributed by atoms with van der Waals surface area (Å²) in [7, 11) is 1.63. The van der Waals surface area contributed by atoms with E-state index in [9.17, 15) is 9.18 Å². The zero-order valence-corrected chi connectivity index (χ0v) is 17.5. The number of nitrogens with zero attached hydrogens (tertiary/aromatic N) is 3. The highest BCUT2D eigenvalue weighted by molar-refractivity contribution is 5.94. The highest BCUT2D eigenvalue weighted by Gasteiger charge is 2.23. The third kappa shape index (κ3) is 4.97. The normalized spacial score (nSPS) is 12.5. The molecule has 3 aromatic rings. The number of carbonyl (C=O) groups is 1. The van der Waals surface area contributed by atoms with Crippen LogP contribution in [-0.4, -0.2) is 34.2 Å². The first kappa shape index (κ1) is 21.4. The maximum absolute atomic E-state index is 13.1. The molecular weight excluding hydrogens is 385 g/mol. The van der Waals surface area contributed by atoms with Gasteiger partial charge in [-0.25, -0.2) is 4.39 Å². The fraction of sp³-hybridized carbons (Fsp3) is 0.304. The van der Waals surface area contributed by atoms with Crippen LogP contribution in [0.25, 0.3) is 0 Å². The molecule has 1 aliphatic rings. The molecule has 0 bridgehead atoms. The lowest BCUT2D eigenvalue weighted by atomic mass is 10.1. The molecule has 2 aromatic carbocycles. The summed E-state index contributed by atoms with van der Waals surface area (Å²) in [5, 5.41) is 4.46. The molecule has 0 saturated carbocycles. The lowest BCUT2D eigenvalue weighted by molar-refractivity contribution is 0.0706. The molecule has 6 nitrogen and oxygen atoms in total. The standard InChI is InChI=1S/C21H20FN3O3.C2H6/c1-27-19-8-2-15(3-9-19)14-28-20-12-18-13-24(10-11-25(18)23-20)21(26)16-4-6-17(22)7-5-16;1-2/h2-9,12H,10-11,13-14H2,1H3;1-2H3. The smallest absolute Gasteiger partial charge is 0.254 e. The number of methoxy groups -OCH3 is 1. The summed E-state index contributed by atoms with van der Waals surface area (Å²) in [4.78, 5) is 14.4. The Morgan fingerprint density at radius 1 is 1.07 bits per heavy atom. The van der Waals surface area contributed by atoms with Crippen LogP contribution in [0.2, 0.25) is 0 Å². The van der Waals surface area contributed by atoms with Gasteiger partial charge in [0.05, 0.1) is 25.9 Å². The maximum atomic E-state index is 13.1. The fourth-order valence-corrected chi connectivity index (χ4v) is 3.14. The van der Waals surface area contributed by atoms with Crippen LogP contribution in [-0.2, 0) is 19.7 Å². The van der Waals surface area contributed by atoms with Gasteiger partial charge in [0.25, 0.3) is 5.91 Å². The van der Waals surface area contributed by atoms with Crippen LogP contribution in [0.5, 0.6) is 11.6 Å². The number of aromatic nitrogens is 2. The van der Waals surface area contributed by atoms with Crippen LogP contribution in [0, 0.1) is 5.82 Å². The van der Waals surface area contributed by atoms with Gasteiger partial charge in [0.15, 0.2) is 0 Å². The zero-order valence-electron chi connectivity index (χ0n) is 17.5. The first-order valence-corrected chi connectivity index (χ1v) is 9.99. The summed E-state index contributed by atoms with van der Waals surface area (Å²) in [6, 6.07) is 15.1. The molecule has 0 radical (unpaired) electrons. The minimum absolute atomic E-state index is 0.117. The van der Waals surface area contributed by atoms with Crippen LogP contribution in [0.15, 0.2) is 54.6 Å². The summed E-state index contributed by atoms with van der Waals surface area (Å²) in [5.41, 5.74) is 2.40. The van der Waals surface area contributed by atoms with E-state index in [0.29, 0.717) is 37.7 Å². The Labute approximate surface area is 175 Å². The number of carbonyl (C=O) groups excluding carboxylic acids is 1. The summed E-state index contributed by atoms with van der Waals surface area (Å²) in [6.07, 6.45) is 0. The quantitative estimate of drug-likeness (QED) is 0.628. The number of amides is 1. The number of hydrogen-bond acceptors (Lipinski definition) is 4. The Hall–Kier alpha value is -3.35. The zero-order chi connectivity index (χ0) is 21.5. The van der Waals surface area contributed by atoms with Gasteiger partial charge in [-0.2, -0.15) is 0 Å². The number of ether oxygens (including phenoxy) is 2. The predicted molar refractivity (Wildman–Crippen MR) is 112 cm³/mol. The molecule has 0 N–H and O–H groups in total. The van der Waals surface area contributed by atoms with E-state index in [4.69, 9.17) is 9.47 Å². The lowest BCUT2D eigenvalue weighted by Gasteiger charge is -2.27. The van der Waals surface area contributed by atoms with Gasteiger partial charge in [-0.1, -0.05) is 26.0 Å². The van der Waals surface area contributed by atoms with Crippen molar-refractivity contribution in [3.8, 4) is 11.6 Å². The Morgan fingerprint density at radius 2 is 1.77 bits per heavy atom. The topological polar surface area (TPSA) is 56.6 Å². The molecule has 0 spiro atoms. The highest BCUT2D eigenvalue weighted by atomic mass is 19.1. The molecule has 1 aromatic heterocycles. The Balaban J connectivity index is 0.00000124. The monoisotopic (exact) mass is 411 g/mol. The van der Waals surface area contributed by atoms with E-state index in [1.54, 1.807) is 12.0 Å². The first-order valence-electron chi connectivity index (χ1n) is 9.99. The largest absolute Gasteiger partial charge is 0.497 e. The molecule has 158 valence electrons. The molecule has 1 amide bonds. The number of benzene rings is 2. The van der Waals surface area contributed by atoms with Gasteiger partial charge < -0.3 is 14.4 Å². The number of fused-ring (bicyclic) bond motifs is 1. The van der Waals surface area contributed by atoms with Gasteiger partial charge in [0.1, 0.15) is 18.2 Å². The van der Waals surface area contributed by atoms with E-state index in [1.807, 2.05) is 48.9 Å². The molecular formula is C23H26FN3O3. The molecule has 0 aliphatic carbocycles. The van der Waals surface area contributed by atoms with Crippen LogP contribution < -0.4 is 9.47 Å². The van der Waals surface area contributed by atoms with Crippen molar-refractivity contribution < 1.29 is 18.7 Å². The molecule has 0 unspecified atom stereocenters. The second kappa shape index (κ2) is 9.91. The lowest BCUT2D eigenvalue weighted by Crippen LogP contribution is -2.38. The van der Waals surface area contributed by atoms with Crippen LogP contribution in [0.4, 0.5) is 4.39 Å².